The minimum absolute atomic E-state index is 0. The van der Waals surface area contributed by atoms with Crippen LogP contribution in [0.2, 0.25) is 0 Å². The Morgan fingerprint density at radius 3 is 1.43 bits per heavy atom. The van der Waals surface area contributed by atoms with Gasteiger partial charge in [0.2, 0.25) is 0 Å². The second kappa shape index (κ2) is 11.1. The molecule has 0 spiro atoms. The van der Waals surface area contributed by atoms with Gasteiger partial charge in [0.05, 0.1) is 0 Å². The van der Waals surface area contributed by atoms with Crippen molar-refractivity contribution in [1.29, 1.82) is 0 Å². The van der Waals surface area contributed by atoms with E-state index in [0.29, 0.717) is 0 Å². The molecule has 2 heteroatoms. The van der Waals surface area contributed by atoms with E-state index in [-0.39, 0.29) is 70.9 Å². The zero-order chi connectivity index (χ0) is 4.28. The predicted molar refractivity (Wildman–Crippen MR) is 24.9 cm³/mol. The second-order valence-corrected chi connectivity index (χ2v) is 1.56. The van der Waals surface area contributed by atoms with E-state index in [1.54, 1.807) is 0 Å². The third-order valence-electron chi connectivity index (χ3n) is 0.707. The minimum Gasteiger partial charge on any atom is -1.00 e. The van der Waals surface area contributed by atoms with Gasteiger partial charge in [-0.05, 0) is 5.92 Å². The van der Waals surface area contributed by atoms with E-state index >= 15 is 0 Å². The fourth-order valence-corrected chi connectivity index (χ4v) is 0. The Kier molecular flexibility index (Phi) is 25.6. The summed E-state index contributed by atoms with van der Waals surface area (Å²) in [6.07, 6.45) is 1.22. The third-order valence-corrected chi connectivity index (χ3v) is 0.707. The summed E-state index contributed by atoms with van der Waals surface area (Å²) < 4.78 is 0. The van der Waals surface area contributed by atoms with E-state index in [0.717, 1.165) is 0 Å². The van der Waals surface area contributed by atoms with Gasteiger partial charge in [-0.2, -0.15) is 0 Å². The molecule has 0 aliphatic rings. The van der Waals surface area contributed by atoms with Crippen molar-refractivity contribution in [3.8, 4) is 0 Å². The molecule has 0 aromatic carbocycles. The van der Waals surface area contributed by atoms with E-state index < -0.39 is 0 Å². The molecule has 0 heterocycles. The Morgan fingerprint density at radius 2 is 1.43 bits per heavy atom. The van der Waals surface area contributed by atoms with E-state index in [4.69, 9.17) is 0 Å². The van der Waals surface area contributed by atoms with Crippen LogP contribution < -0.4 is 24.0 Å². The standard InChI is InChI=1S/C5H11.HI.Yb/c1-4-5(2)3;;/h4H2,1-3H3;1H;/p-1. The molecule has 0 nitrogen and oxygen atoms in total. The number of rotatable bonds is 1. The second-order valence-electron chi connectivity index (χ2n) is 1.56. The van der Waals surface area contributed by atoms with E-state index in [1.165, 1.54) is 12.3 Å². The quantitative estimate of drug-likeness (QED) is 0.520. The van der Waals surface area contributed by atoms with Gasteiger partial charge in [-0.25, -0.2) is 0 Å². The molecule has 0 saturated carbocycles. The van der Waals surface area contributed by atoms with E-state index in [2.05, 4.69) is 20.8 Å². The Labute approximate surface area is 102 Å². The first-order valence-corrected chi connectivity index (χ1v) is 2.06. The van der Waals surface area contributed by atoms with Gasteiger partial charge >= 0.3 is 0 Å². The summed E-state index contributed by atoms with van der Waals surface area (Å²) in [6, 6.07) is 0. The summed E-state index contributed by atoms with van der Waals surface area (Å²) in [5.41, 5.74) is 0. The Hall–Kier alpha value is 2.25. The van der Waals surface area contributed by atoms with Gasteiger partial charge in [0.15, 0.2) is 0 Å². The van der Waals surface area contributed by atoms with E-state index in [9.17, 15) is 0 Å². The molecule has 0 rings (SSSR count). The molecule has 0 aromatic rings. The summed E-state index contributed by atoms with van der Waals surface area (Å²) >= 11 is 0. The van der Waals surface area contributed by atoms with Gasteiger partial charge in [-0.15, -0.1) is 0 Å². The SMILES string of the molecule is CC[C](C)C.[I-].[Yb]. The smallest absolute Gasteiger partial charge is 0 e. The minimum atomic E-state index is 0. The first-order chi connectivity index (χ1) is 2.27. The topological polar surface area (TPSA) is 0 Å². The molecule has 0 bridgehead atoms. The zero-order valence-corrected chi connectivity index (χ0v) is 8.72. The first kappa shape index (κ1) is 16.1. The fourth-order valence-electron chi connectivity index (χ4n) is 0. The molecule has 7 heavy (non-hydrogen) atoms. The largest absolute Gasteiger partial charge is 1.00 e. The van der Waals surface area contributed by atoms with Gasteiger partial charge in [0.25, 0.3) is 0 Å². The van der Waals surface area contributed by atoms with Crippen molar-refractivity contribution in [1.82, 2.24) is 0 Å². The fraction of sp³-hybridized carbons (Fsp3) is 0.800. The summed E-state index contributed by atoms with van der Waals surface area (Å²) in [6.45, 7) is 6.44. The van der Waals surface area contributed by atoms with Gasteiger partial charge in [0, 0.05) is 46.9 Å². The maximum Gasteiger partial charge on any atom is 0 e. The molecular formula is C5H11IYb-. The molecule has 0 N–H and O–H groups in total. The van der Waals surface area contributed by atoms with Crippen molar-refractivity contribution in [2.24, 2.45) is 0 Å². The Morgan fingerprint density at radius 1 is 1.29 bits per heavy atom. The van der Waals surface area contributed by atoms with Crippen LogP contribution in [0.25, 0.3) is 0 Å². The van der Waals surface area contributed by atoms with Crippen LogP contribution in [0.15, 0.2) is 0 Å². The predicted octanol–water partition coefficient (Wildman–Crippen LogP) is -0.985. The average Bonchev–Trinajstić information content (AvgIpc) is 1.38. The molecule has 53 valence electrons. The number of hydrogen-bond donors (Lipinski definition) is 0. The molecular weight excluding hydrogens is 360 g/mol. The van der Waals surface area contributed by atoms with Crippen molar-refractivity contribution >= 4 is 0 Å². The summed E-state index contributed by atoms with van der Waals surface area (Å²) in [4.78, 5) is 0. The normalized spacial score (nSPS) is 6.86. The van der Waals surface area contributed by atoms with Crippen molar-refractivity contribution in [3.05, 3.63) is 5.92 Å². The monoisotopic (exact) mass is 372 g/mol. The molecule has 0 saturated heterocycles. The summed E-state index contributed by atoms with van der Waals surface area (Å²) in [5.74, 6) is 1.50. The van der Waals surface area contributed by atoms with Crippen LogP contribution in [0, 0.1) is 52.8 Å². The maximum atomic E-state index is 2.16. The Balaban J connectivity index is -0.0000000800. The molecule has 0 amide bonds. The molecule has 0 fully saturated rings. The first-order valence-electron chi connectivity index (χ1n) is 2.06. The van der Waals surface area contributed by atoms with Crippen LogP contribution in [0.5, 0.6) is 0 Å². The van der Waals surface area contributed by atoms with E-state index in [1.807, 2.05) is 0 Å². The van der Waals surface area contributed by atoms with Crippen molar-refractivity contribution < 1.29 is 70.9 Å². The molecule has 0 atom stereocenters. The molecule has 0 aliphatic carbocycles. The van der Waals surface area contributed by atoms with Gasteiger partial charge < -0.3 is 24.0 Å². The van der Waals surface area contributed by atoms with Crippen molar-refractivity contribution in [3.63, 3.8) is 0 Å². The van der Waals surface area contributed by atoms with Gasteiger partial charge in [-0.3, -0.25) is 0 Å². The average molecular weight is 371 g/mol. The van der Waals surface area contributed by atoms with Crippen molar-refractivity contribution in [2.75, 3.05) is 0 Å². The summed E-state index contributed by atoms with van der Waals surface area (Å²) in [5, 5.41) is 0. The van der Waals surface area contributed by atoms with Crippen LogP contribution in [-0.4, -0.2) is 0 Å². The van der Waals surface area contributed by atoms with Crippen LogP contribution in [0.1, 0.15) is 27.2 Å². The van der Waals surface area contributed by atoms with Crippen LogP contribution in [-0.2, 0) is 0 Å². The Bertz CT molecular complexity index is 22.0. The zero-order valence-electron chi connectivity index (χ0n) is 4.85. The molecule has 0 aromatic heterocycles. The van der Waals surface area contributed by atoms with Gasteiger partial charge in [-0.1, -0.05) is 27.2 Å². The number of hydrogen-bond acceptors (Lipinski definition) is 0. The van der Waals surface area contributed by atoms with Crippen LogP contribution in [0.4, 0.5) is 0 Å². The van der Waals surface area contributed by atoms with Crippen LogP contribution in [0.3, 0.4) is 0 Å². The molecule has 1 radical (unpaired) electrons. The molecule has 0 aliphatic heterocycles. The number of halogens is 1. The van der Waals surface area contributed by atoms with Crippen molar-refractivity contribution in [2.45, 2.75) is 27.2 Å². The third kappa shape index (κ3) is 17.8. The van der Waals surface area contributed by atoms with Gasteiger partial charge in [0.1, 0.15) is 0 Å². The summed E-state index contributed by atoms with van der Waals surface area (Å²) in [7, 11) is 0. The van der Waals surface area contributed by atoms with Crippen LogP contribution >= 0.6 is 0 Å². The molecule has 0 unspecified atom stereocenters. The maximum absolute atomic E-state index is 2.16.